The second-order valence-electron chi connectivity index (χ2n) is 5.21. The maximum Gasteiger partial charge on any atom is 0.242 e. The summed E-state index contributed by atoms with van der Waals surface area (Å²) in [5, 5.41) is 20.2. The molecule has 0 aliphatic heterocycles. The minimum Gasteiger partial charge on any atom is -0.364 e. The van der Waals surface area contributed by atoms with Gasteiger partial charge in [0.05, 0.1) is 36.4 Å². The third-order valence-electron chi connectivity index (χ3n) is 3.20. The lowest BCUT2D eigenvalue weighted by molar-refractivity contribution is -0.119. The van der Waals surface area contributed by atoms with Crippen molar-refractivity contribution in [2.24, 2.45) is 0 Å². The van der Waals surface area contributed by atoms with E-state index in [4.69, 9.17) is 10.5 Å². The molecule has 0 saturated heterocycles. The fraction of sp³-hybridized carbons (Fsp3) is 0.400. The summed E-state index contributed by atoms with van der Waals surface area (Å²) in [6.45, 7) is 1.51. The minimum atomic E-state index is -3.91. The van der Waals surface area contributed by atoms with Gasteiger partial charge in [-0.15, -0.1) is 0 Å². The SMILES string of the molecule is CNC(=O)CN(C)c1cc(C#N)ccc1S(=O)(=O)NC(C)CC#N. The van der Waals surface area contributed by atoms with Crippen molar-refractivity contribution >= 4 is 21.6 Å². The van der Waals surface area contributed by atoms with Crippen LogP contribution < -0.4 is 14.9 Å². The van der Waals surface area contributed by atoms with Crippen LogP contribution in [0.3, 0.4) is 0 Å². The van der Waals surface area contributed by atoms with E-state index in [1.54, 1.807) is 14.0 Å². The standard InChI is InChI=1S/C15H19N5O3S/c1-11(6-7-16)19-24(22,23)14-5-4-12(9-17)8-13(14)20(3)10-15(21)18-2/h4-5,8,11,19H,6,10H2,1-3H3,(H,18,21). The summed E-state index contributed by atoms with van der Waals surface area (Å²) < 4.78 is 27.5. The van der Waals surface area contributed by atoms with Crippen LogP contribution in [0.15, 0.2) is 23.1 Å². The number of likely N-dealkylation sites (N-methyl/N-ethyl adjacent to an activating group) is 2. The predicted molar refractivity (Wildman–Crippen MR) is 88.5 cm³/mol. The van der Waals surface area contributed by atoms with E-state index in [0.29, 0.717) is 0 Å². The molecule has 0 saturated carbocycles. The number of benzene rings is 1. The molecule has 0 fully saturated rings. The number of nitrogens with one attached hydrogen (secondary N) is 2. The maximum atomic E-state index is 12.6. The van der Waals surface area contributed by atoms with Crippen molar-refractivity contribution in [1.82, 2.24) is 10.0 Å². The zero-order valence-electron chi connectivity index (χ0n) is 13.7. The Kier molecular flexibility index (Phi) is 6.71. The third kappa shape index (κ3) is 4.95. The van der Waals surface area contributed by atoms with Gasteiger partial charge < -0.3 is 10.2 Å². The van der Waals surface area contributed by atoms with E-state index in [1.165, 1.54) is 30.1 Å². The molecule has 1 aromatic carbocycles. The number of nitrogens with zero attached hydrogens (tertiary/aromatic N) is 3. The Balaban J connectivity index is 3.30. The van der Waals surface area contributed by atoms with Gasteiger partial charge >= 0.3 is 0 Å². The van der Waals surface area contributed by atoms with E-state index in [9.17, 15) is 13.2 Å². The second kappa shape index (κ2) is 8.29. The van der Waals surface area contributed by atoms with E-state index >= 15 is 0 Å². The molecule has 24 heavy (non-hydrogen) atoms. The normalized spacial score (nSPS) is 11.9. The predicted octanol–water partition coefficient (Wildman–Crippen LogP) is 0.321. The van der Waals surface area contributed by atoms with Crippen molar-refractivity contribution in [3.05, 3.63) is 23.8 Å². The van der Waals surface area contributed by atoms with Crippen molar-refractivity contribution in [3.63, 3.8) is 0 Å². The van der Waals surface area contributed by atoms with Gasteiger partial charge in [0.25, 0.3) is 0 Å². The van der Waals surface area contributed by atoms with Gasteiger partial charge in [-0.25, -0.2) is 13.1 Å². The van der Waals surface area contributed by atoms with E-state index in [2.05, 4.69) is 10.0 Å². The monoisotopic (exact) mass is 349 g/mol. The summed E-state index contributed by atoms with van der Waals surface area (Å²) in [5.74, 6) is -0.297. The van der Waals surface area contributed by atoms with Gasteiger partial charge in [0.15, 0.2) is 0 Å². The smallest absolute Gasteiger partial charge is 0.242 e. The molecule has 1 unspecified atom stereocenters. The van der Waals surface area contributed by atoms with E-state index in [-0.39, 0.29) is 35.0 Å². The van der Waals surface area contributed by atoms with E-state index < -0.39 is 16.1 Å². The summed E-state index contributed by atoms with van der Waals surface area (Å²) in [6, 6.07) is 7.39. The van der Waals surface area contributed by atoms with Crippen LogP contribution in [0.5, 0.6) is 0 Å². The van der Waals surface area contributed by atoms with Crippen molar-refractivity contribution in [2.45, 2.75) is 24.3 Å². The number of anilines is 1. The molecule has 128 valence electrons. The summed E-state index contributed by atoms with van der Waals surface area (Å²) in [7, 11) is -0.873. The molecular weight excluding hydrogens is 330 g/mol. The molecule has 1 amide bonds. The molecule has 1 rings (SSSR count). The number of carbonyl (C=O) groups excluding carboxylic acids is 1. The Morgan fingerprint density at radius 2 is 2.04 bits per heavy atom. The maximum absolute atomic E-state index is 12.6. The number of sulfonamides is 1. The second-order valence-corrected chi connectivity index (χ2v) is 6.89. The van der Waals surface area contributed by atoms with Gasteiger partial charge in [0, 0.05) is 20.1 Å². The Morgan fingerprint density at radius 1 is 1.38 bits per heavy atom. The first-order chi connectivity index (χ1) is 11.2. The Bertz CT molecular complexity index is 792. The zero-order chi connectivity index (χ0) is 18.3. The highest BCUT2D eigenvalue weighted by Gasteiger charge is 2.23. The number of nitriles is 2. The average molecular weight is 349 g/mol. The molecule has 1 atom stereocenters. The lowest BCUT2D eigenvalue weighted by atomic mass is 10.2. The highest BCUT2D eigenvalue weighted by molar-refractivity contribution is 7.89. The Labute approximate surface area is 141 Å². The number of hydrogen-bond acceptors (Lipinski definition) is 6. The van der Waals surface area contributed by atoms with Gasteiger partial charge in [-0.1, -0.05) is 0 Å². The topological polar surface area (TPSA) is 126 Å². The molecule has 2 N–H and O–H groups in total. The van der Waals surface area contributed by atoms with Gasteiger partial charge in [0.2, 0.25) is 15.9 Å². The van der Waals surface area contributed by atoms with Gasteiger partial charge in [-0.2, -0.15) is 10.5 Å². The summed E-state index contributed by atoms with van der Waals surface area (Å²) in [6.07, 6.45) is 0.0267. The summed E-state index contributed by atoms with van der Waals surface area (Å²) in [5.41, 5.74) is 0.507. The molecule has 8 nitrogen and oxygen atoms in total. The summed E-state index contributed by atoms with van der Waals surface area (Å²) >= 11 is 0. The van der Waals surface area contributed by atoms with Crippen LogP contribution in [0.2, 0.25) is 0 Å². The molecule has 0 aliphatic rings. The van der Waals surface area contributed by atoms with Crippen molar-refractivity contribution in [1.29, 1.82) is 10.5 Å². The lowest BCUT2D eigenvalue weighted by Crippen LogP contribution is -2.36. The lowest BCUT2D eigenvalue weighted by Gasteiger charge is -2.22. The van der Waals surface area contributed by atoms with Crippen LogP contribution in [0.1, 0.15) is 18.9 Å². The van der Waals surface area contributed by atoms with Crippen molar-refractivity contribution in [3.8, 4) is 12.1 Å². The van der Waals surface area contributed by atoms with Gasteiger partial charge in [-0.3, -0.25) is 4.79 Å². The highest BCUT2D eigenvalue weighted by Crippen LogP contribution is 2.26. The van der Waals surface area contributed by atoms with E-state index in [1.807, 2.05) is 12.1 Å². The largest absolute Gasteiger partial charge is 0.364 e. The number of amides is 1. The number of hydrogen-bond donors (Lipinski definition) is 2. The summed E-state index contributed by atoms with van der Waals surface area (Å²) in [4.78, 5) is 12.9. The molecule has 0 aliphatic carbocycles. The molecule has 0 bridgehead atoms. The Hall–Kier alpha value is -2.62. The van der Waals surface area contributed by atoms with E-state index in [0.717, 1.165) is 0 Å². The van der Waals surface area contributed by atoms with Gasteiger partial charge in [-0.05, 0) is 25.1 Å². The molecule has 0 spiro atoms. The minimum absolute atomic E-state index is 0.0267. The first-order valence-electron chi connectivity index (χ1n) is 7.10. The first kappa shape index (κ1) is 19.4. The number of rotatable bonds is 7. The zero-order valence-corrected chi connectivity index (χ0v) is 14.5. The molecule has 0 radical (unpaired) electrons. The molecule has 0 heterocycles. The fourth-order valence-electron chi connectivity index (χ4n) is 2.00. The first-order valence-corrected chi connectivity index (χ1v) is 8.58. The molecule has 9 heteroatoms. The third-order valence-corrected chi connectivity index (χ3v) is 4.84. The van der Waals surface area contributed by atoms with Crippen LogP contribution in [-0.2, 0) is 14.8 Å². The highest BCUT2D eigenvalue weighted by atomic mass is 32.2. The quantitative estimate of drug-likeness (QED) is 0.730. The van der Waals surface area contributed by atoms with Gasteiger partial charge in [0.1, 0.15) is 4.90 Å². The van der Waals surface area contributed by atoms with Crippen molar-refractivity contribution in [2.75, 3.05) is 25.5 Å². The van der Waals surface area contributed by atoms with Crippen LogP contribution in [-0.4, -0.2) is 41.0 Å². The Morgan fingerprint density at radius 3 is 2.58 bits per heavy atom. The molecular formula is C15H19N5O3S. The molecule has 0 aromatic heterocycles. The van der Waals surface area contributed by atoms with Crippen LogP contribution in [0.25, 0.3) is 0 Å². The number of carbonyl (C=O) groups is 1. The van der Waals surface area contributed by atoms with Crippen LogP contribution >= 0.6 is 0 Å². The van der Waals surface area contributed by atoms with Crippen LogP contribution in [0.4, 0.5) is 5.69 Å². The average Bonchev–Trinajstić information content (AvgIpc) is 2.53. The molecule has 1 aromatic rings. The van der Waals surface area contributed by atoms with Crippen LogP contribution in [0, 0.1) is 22.7 Å². The fourth-order valence-corrected chi connectivity index (χ4v) is 3.48. The van der Waals surface area contributed by atoms with Crippen molar-refractivity contribution < 1.29 is 13.2 Å².